The summed E-state index contributed by atoms with van der Waals surface area (Å²) in [6.07, 6.45) is -0.356. The molecule has 0 bridgehead atoms. The Morgan fingerprint density at radius 1 is 1.08 bits per heavy atom. The summed E-state index contributed by atoms with van der Waals surface area (Å²) >= 11 is 0. The Hall–Kier alpha value is -2.58. The van der Waals surface area contributed by atoms with Gasteiger partial charge in [-0.3, -0.25) is 13.9 Å². The lowest BCUT2D eigenvalue weighted by atomic mass is 10.00. The molecule has 25 heavy (non-hydrogen) atoms. The van der Waals surface area contributed by atoms with Crippen LogP contribution in [0.4, 0.5) is 4.79 Å². The van der Waals surface area contributed by atoms with E-state index < -0.39 is 11.3 Å². The van der Waals surface area contributed by atoms with Crippen molar-refractivity contribution >= 4 is 17.3 Å². The fourth-order valence-corrected chi connectivity index (χ4v) is 3.02. The quantitative estimate of drug-likeness (QED) is 0.739. The minimum Gasteiger partial charge on any atom is -0.444 e. The number of likely N-dealkylation sites (tertiary alicyclic amines) is 1. The summed E-state index contributed by atoms with van der Waals surface area (Å²) < 4.78 is 9.50. The number of aromatic nitrogens is 4. The first-order valence-corrected chi connectivity index (χ1v) is 8.11. The second-order valence-electron chi connectivity index (χ2n) is 7.49. The third kappa shape index (κ3) is 2.73. The molecule has 0 radical (unpaired) electrons. The highest BCUT2D eigenvalue weighted by Gasteiger charge is 2.37. The fraction of sp³-hybridized carbons (Fsp3) is 0.625. The summed E-state index contributed by atoms with van der Waals surface area (Å²) in [6, 6.07) is 0. The molecule has 0 atom stereocenters. The molecule has 0 saturated carbocycles. The van der Waals surface area contributed by atoms with Gasteiger partial charge in [0.2, 0.25) is 0 Å². The normalized spacial score (nSPS) is 15.5. The lowest BCUT2D eigenvalue weighted by molar-refractivity contribution is 0.00734. The van der Waals surface area contributed by atoms with E-state index >= 15 is 0 Å². The molecule has 1 aliphatic rings. The smallest absolute Gasteiger partial charge is 0.410 e. The first kappa shape index (κ1) is 17.2. The van der Waals surface area contributed by atoms with E-state index in [1.54, 1.807) is 23.6 Å². The summed E-state index contributed by atoms with van der Waals surface area (Å²) in [5.41, 5.74) is -0.574. The second kappa shape index (κ2) is 5.47. The van der Waals surface area contributed by atoms with E-state index in [9.17, 15) is 14.4 Å². The molecular formula is C16H23N5O4. The van der Waals surface area contributed by atoms with Crippen LogP contribution < -0.4 is 11.2 Å². The predicted octanol–water partition coefficient (Wildman–Crippen LogP) is 0.305. The largest absolute Gasteiger partial charge is 0.444 e. The second-order valence-corrected chi connectivity index (χ2v) is 7.49. The van der Waals surface area contributed by atoms with E-state index in [-0.39, 0.29) is 17.6 Å². The molecule has 0 spiro atoms. The van der Waals surface area contributed by atoms with Crippen molar-refractivity contribution in [3.8, 4) is 0 Å². The first-order chi connectivity index (χ1) is 11.5. The van der Waals surface area contributed by atoms with E-state index in [1.165, 1.54) is 11.6 Å². The average molecular weight is 349 g/mol. The average Bonchev–Trinajstić information content (AvgIpc) is 2.77. The zero-order valence-corrected chi connectivity index (χ0v) is 15.4. The Bertz CT molecular complexity index is 970. The zero-order valence-electron chi connectivity index (χ0n) is 15.4. The van der Waals surface area contributed by atoms with Gasteiger partial charge in [-0.1, -0.05) is 0 Å². The predicted molar refractivity (Wildman–Crippen MR) is 91.7 cm³/mol. The number of carbonyl (C=O) groups excluding carboxylic acids is 1. The van der Waals surface area contributed by atoms with Gasteiger partial charge in [0, 0.05) is 34.2 Å². The van der Waals surface area contributed by atoms with Crippen LogP contribution in [0.2, 0.25) is 0 Å². The maximum atomic E-state index is 12.4. The third-order valence-corrected chi connectivity index (χ3v) is 4.41. The number of imidazole rings is 1. The molecule has 0 aliphatic carbocycles. The van der Waals surface area contributed by atoms with Gasteiger partial charge >= 0.3 is 11.8 Å². The molecule has 1 amide bonds. The van der Waals surface area contributed by atoms with E-state index in [0.29, 0.717) is 30.1 Å². The van der Waals surface area contributed by atoms with Crippen molar-refractivity contribution in [1.82, 2.24) is 23.6 Å². The summed E-state index contributed by atoms with van der Waals surface area (Å²) in [5.74, 6) is 0.692. The van der Waals surface area contributed by atoms with Crippen molar-refractivity contribution in [3.05, 3.63) is 26.7 Å². The molecule has 2 aromatic heterocycles. The summed E-state index contributed by atoms with van der Waals surface area (Å²) in [6.45, 7) is 6.42. The molecule has 9 heteroatoms. The number of hydrogen-bond acceptors (Lipinski definition) is 5. The van der Waals surface area contributed by atoms with E-state index in [4.69, 9.17) is 4.74 Å². The van der Waals surface area contributed by atoms with Crippen molar-refractivity contribution in [2.75, 3.05) is 13.1 Å². The van der Waals surface area contributed by atoms with Crippen LogP contribution in [-0.4, -0.2) is 48.4 Å². The molecule has 2 aromatic rings. The van der Waals surface area contributed by atoms with Crippen LogP contribution in [-0.2, 0) is 25.9 Å². The van der Waals surface area contributed by atoms with E-state index in [2.05, 4.69) is 4.98 Å². The molecule has 1 saturated heterocycles. The molecule has 136 valence electrons. The summed E-state index contributed by atoms with van der Waals surface area (Å²) in [7, 11) is 4.80. The SMILES string of the molecule is Cn1c(=O)c2c(nc(C3CN(C(=O)OC(C)(C)C)C3)n2C)n(C)c1=O. The first-order valence-electron chi connectivity index (χ1n) is 8.11. The third-order valence-electron chi connectivity index (χ3n) is 4.41. The topological polar surface area (TPSA) is 91.4 Å². The molecular weight excluding hydrogens is 326 g/mol. The van der Waals surface area contributed by atoms with Gasteiger partial charge in [0.05, 0.1) is 5.92 Å². The van der Waals surface area contributed by atoms with E-state index in [0.717, 1.165) is 4.57 Å². The lowest BCUT2D eigenvalue weighted by Crippen LogP contribution is -2.50. The maximum absolute atomic E-state index is 12.4. The van der Waals surface area contributed by atoms with Gasteiger partial charge in [0.15, 0.2) is 11.2 Å². The number of fused-ring (bicyclic) bond motifs is 1. The van der Waals surface area contributed by atoms with Gasteiger partial charge < -0.3 is 14.2 Å². The highest BCUT2D eigenvalue weighted by Crippen LogP contribution is 2.28. The number of carbonyl (C=O) groups is 1. The van der Waals surface area contributed by atoms with Gasteiger partial charge in [-0.2, -0.15) is 0 Å². The van der Waals surface area contributed by atoms with Crippen LogP contribution in [0.5, 0.6) is 0 Å². The van der Waals surface area contributed by atoms with Crippen molar-refractivity contribution in [2.45, 2.75) is 32.3 Å². The molecule has 1 fully saturated rings. The number of amides is 1. The van der Waals surface area contributed by atoms with Gasteiger partial charge in [-0.15, -0.1) is 0 Å². The van der Waals surface area contributed by atoms with Crippen molar-refractivity contribution in [3.63, 3.8) is 0 Å². The van der Waals surface area contributed by atoms with Crippen molar-refractivity contribution in [2.24, 2.45) is 21.1 Å². The van der Waals surface area contributed by atoms with Crippen LogP contribution >= 0.6 is 0 Å². The molecule has 3 heterocycles. The fourth-order valence-electron chi connectivity index (χ4n) is 3.02. The van der Waals surface area contributed by atoms with Gasteiger partial charge in [0.1, 0.15) is 11.4 Å². The Morgan fingerprint density at radius 3 is 2.24 bits per heavy atom. The van der Waals surface area contributed by atoms with Gasteiger partial charge in [-0.05, 0) is 20.8 Å². The Balaban J connectivity index is 1.90. The molecule has 1 aliphatic heterocycles. The number of ether oxygens (including phenoxy) is 1. The van der Waals surface area contributed by atoms with Crippen LogP contribution in [0.25, 0.3) is 11.2 Å². The lowest BCUT2D eigenvalue weighted by Gasteiger charge is -2.39. The molecule has 0 N–H and O–H groups in total. The van der Waals surface area contributed by atoms with Gasteiger partial charge in [0.25, 0.3) is 5.56 Å². The summed E-state index contributed by atoms with van der Waals surface area (Å²) in [4.78, 5) is 42.6. The van der Waals surface area contributed by atoms with Crippen LogP contribution in [0, 0.1) is 0 Å². The zero-order chi connectivity index (χ0) is 18.7. The number of hydrogen-bond donors (Lipinski definition) is 0. The monoisotopic (exact) mass is 349 g/mol. The van der Waals surface area contributed by atoms with E-state index in [1.807, 2.05) is 20.8 Å². The Kier molecular flexibility index (Phi) is 3.77. The number of nitrogens with zero attached hydrogens (tertiary/aromatic N) is 5. The molecule has 0 aromatic carbocycles. The number of aryl methyl sites for hydroxylation is 2. The van der Waals surface area contributed by atoms with Crippen LogP contribution in [0.15, 0.2) is 9.59 Å². The highest BCUT2D eigenvalue weighted by molar-refractivity contribution is 5.72. The molecule has 3 rings (SSSR count). The van der Waals surface area contributed by atoms with Crippen molar-refractivity contribution in [1.29, 1.82) is 0 Å². The molecule has 9 nitrogen and oxygen atoms in total. The van der Waals surface area contributed by atoms with Gasteiger partial charge in [-0.25, -0.2) is 14.6 Å². The maximum Gasteiger partial charge on any atom is 0.410 e. The van der Waals surface area contributed by atoms with Crippen LogP contribution in [0.3, 0.4) is 0 Å². The minimum atomic E-state index is -0.537. The minimum absolute atomic E-state index is 0.00438. The van der Waals surface area contributed by atoms with Crippen molar-refractivity contribution < 1.29 is 9.53 Å². The number of rotatable bonds is 1. The molecule has 0 unspecified atom stereocenters. The summed E-state index contributed by atoms with van der Waals surface area (Å²) in [5, 5.41) is 0. The van der Waals surface area contributed by atoms with Crippen LogP contribution in [0.1, 0.15) is 32.5 Å². The highest BCUT2D eigenvalue weighted by atomic mass is 16.6. The standard InChI is InChI=1S/C16H23N5O4/c1-16(2,3)25-15(24)21-7-9(8-21)11-17-12-10(18(11)4)13(22)20(6)14(23)19(12)5/h9H,7-8H2,1-6H3. The Morgan fingerprint density at radius 2 is 1.68 bits per heavy atom. The Labute approximate surface area is 144 Å².